The first kappa shape index (κ1) is 20.5. The fraction of sp³-hybridized carbons (Fsp3) is 0.333. The number of rotatable bonds is 9. The Kier molecular flexibility index (Phi) is 7.37. The average molecular weight is 371 g/mol. The summed E-state index contributed by atoms with van der Waals surface area (Å²) in [7, 11) is 3.16. The molecule has 0 amide bonds. The van der Waals surface area contributed by atoms with E-state index in [9.17, 15) is 9.59 Å². The molecule has 2 rings (SSSR count). The summed E-state index contributed by atoms with van der Waals surface area (Å²) in [5.74, 6) is -0.434. The second kappa shape index (κ2) is 9.73. The Morgan fingerprint density at radius 3 is 2.19 bits per heavy atom. The van der Waals surface area contributed by atoms with Gasteiger partial charge in [0.25, 0.3) is 0 Å². The molecule has 0 radical (unpaired) electrons. The van der Waals surface area contributed by atoms with Crippen molar-refractivity contribution in [2.24, 2.45) is 0 Å². The van der Waals surface area contributed by atoms with Crippen LogP contribution in [0.25, 0.3) is 0 Å². The second-order valence-corrected chi connectivity index (χ2v) is 6.48. The standard InChI is InChI=1S/C21H25NO5/c1-15(22(2)13-20(23)24)12-16-6-10-19(11-7-16)27-14-17-4-8-18(9-5-17)21(25)26-3/h4-11,15H,12-14H2,1-3H3,(H,23,24)/t15-/m1/s1. The van der Waals surface area contributed by atoms with Gasteiger partial charge in [0.1, 0.15) is 12.4 Å². The fourth-order valence-corrected chi connectivity index (χ4v) is 2.61. The van der Waals surface area contributed by atoms with E-state index in [1.165, 1.54) is 7.11 Å². The van der Waals surface area contributed by atoms with E-state index in [0.29, 0.717) is 12.2 Å². The van der Waals surface area contributed by atoms with E-state index in [0.717, 1.165) is 23.3 Å². The molecule has 0 spiro atoms. The van der Waals surface area contributed by atoms with Crippen LogP contribution in [0.2, 0.25) is 0 Å². The van der Waals surface area contributed by atoms with Gasteiger partial charge >= 0.3 is 11.9 Å². The largest absolute Gasteiger partial charge is 0.489 e. The maximum absolute atomic E-state index is 11.4. The predicted molar refractivity (Wildman–Crippen MR) is 102 cm³/mol. The first-order valence-electron chi connectivity index (χ1n) is 8.70. The maximum Gasteiger partial charge on any atom is 0.337 e. The maximum atomic E-state index is 11.4. The Morgan fingerprint density at radius 1 is 1.04 bits per heavy atom. The number of carboxylic acid groups (broad SMARTS) is 1. The Hall–Kier alpha value is -2.86. The molecule has 0 bridgehead atoms. The van der Waals surface area contributed by atoms with Crippen LogP contribution in [0.3, 0.4) is 0 Å². The van der Waals surface area contributed by atoms with Crippen LogP contribution in [-0.4, -0.2) is 48.7 Å². The van der Waals surface area contributed by atoms with Crippen molar-refractivity contribution in [2.75, 3.05) is 20.7 Å². The van der Waals surface area contributed by atoms with Crippen LogP contribution < -0.4 is 4.74 Å². The zero-order valence-electron chi connectivity index (χ0n) is 15.8. The second-order valence-electron chi connectivity index (χ2n) is 6.48. The highest BCUT2D eigenvalue weighted by molar-refractivity contribution is 5.89. The normalized spacial score (nSPS) is 11.9. The number of benzene rings is 2. The van der Waals surface area contributed by atoms with Gasteiger partial charge in [-0.3, -0.25) is 9.69 Å². The van der Waals surface area contributed by atoms with Crippen LogP contribution >= 0.6 is 0 Å². The van der Waals surface area contributed by atoms with Gasteiger partial charge in [0.05, 0.1) is 19.2 Å². The van der Waals surface area contributed by atoms with Gasteiger partial charge < -0.3 is 14.6 Å². The molecule has 0 heterocycles. The van der Waals surface area contributed by atoms with E-state index >= 15 is 0 Å². The average Bonchev–Trinajstić information content (AvgIpc) is 2.66. The van der Waals surface area contributed by atoms with Gasteiger partial charge in [0.2, 0.25) is 0 Å². The first-order valence-corrected chi connectivity index (χ1v) is 8.70. The van der Waals surface area contributed by atoms with Crippen molar-refractivity contribution in [3.05, 3.63) is 65.2 Å². The van der Waals surface area contributed by atoms with Crippen molar-refractivity contribution in [1.29, 1.82) is 0 Å². The van der Waals surface area contributed by atoms with E-state index in [2.05, 4.69) is 4.74 Å². The molecule has 0 saturated heterocycles. The Balaban J connectivity index is 1.86. The van der Waals surface area contributed by atoms with E-state index in [1.807, 2.05) is 55.3 Å². The predicted octanol–water partition coefficient (Wildman–Crippen LogP) is 3.00. The van der Waals surface area contributed by atoms with Crippen molar-refractivity contribution in [1.82, 2.24) is 4.90 Å². The van der Waals surface area contributed by atoms with Crippen LogP contribution in [0.4, 0.5) is 0 Å². The van der Waals surface area contributed by atoms with Crippen molar-refractivity contribution >= 4 is 11.9 Å². The summed E-state index contributed by atoms with van der Waals surface area (Å²) in [5.41, 5.74) is 2.58. The monoisotopic (exact) mass is 371 g/mol. The molecule has 0 saturated carbocycles. The molecular formula is C21H25NO5. The first-order chi connectivity index (χ1) is 12.9. The molecular weight excluding hydrogens is 346 g/mol. The van der Waals surface area contributed by atoms with Gasteiger partial charge in [-0.25, -0.2) is 4.79 Å². The van der Waals surface area contributed by atoms with E-state index in [-0.39, 0.29) is 18.6 Å². The topological polar surface area (TPSA) is 76.1 Å². The fourth-order valence-electron chi connectivity index (χ4n) is 2.61. The molecule has 0 aliphatic rings. The third-order valence-electron chi connectivity index (χ3n) is 4.37. The van der Waals surface area contributed by atoms with Gasteiger partial charge in [-0.05, 0) is 55.8 Å². The van der Waals surface area contributed by atoms with Crippen molar-refractivity contribution in [3.63, 3.8) is 0 Å². The quantitative estimate of drug-likeness (QED) is 0.683. The number of aliphatic carboxylic acids is 1. The number of likely N-dealkylation sites (N-methyl/N-ethyl adjacent to an activating group) is 1. The van der Waals surface area contributed by atoms with Crippen LogP contribution in [0.5, 0.6) is 5.75 Å². The molecule has 6 nitrogen and oxygen atoms in total. The summed E-state index contributed by atoms with van der Waals surface area (Å²) in [4.78, 5) is 24.0. The van der Waals surface area contributed by atoms with Gasteiger partial charge in [-0.2, -0.15) is 0 Å². The molecule has 2 aromatic carbocycles. The van der Waals surface area contributed by atoms with Crippen LogP contribution in [0.1, 0.15) is 28.4 Å². The lowest BCUT2D eigenvalue weighted by Gasteiger charge is -2.22. The minimum Gasteiger partial charge on any atom is -0.489 e. The van der Waals surface area contributed by atoms with Gasteiger partial charge in [0, 0.05) is 6.04 Å². The molecule has 0 unspecified atom stereocenters. The number of hydrogen-bond donors (Lipinski definition) is 1. The summed E-state index contributed by atoms with van der Waals surface area (Å²) in [5, 5.41) is 8.86. The van der Waals surface area contributed by atoms with Crippen LogP contribution in [-0.2, 0) is 22.6 Å². The summed E-state index contributed by atoms with van der Waals surface area (Å²) >= 11 is 0. The molecule has 144 valence electrons. The molecule has 0 fully saturated rings. The third-order valence-corrected chi connectivity index (χ3v) is 4.37. The molecule has 6 heteroatoms. The lowest BCUT2D eigenvalue weighted by molar-refractivity contribution is -0.138. The lowest BCUT2D eigenvalue weighted by atomic mass is 10.1. The number of carboxylic acids is 1. The molecule has 0 aliphatic carbocycles. The van der Waals surface area contributed by atoms with E-state index < -0.39 is 5.97 Å². The minimum absolute atomic E-state index is 0.0249. The van der Waals surface area contributed by atoms with Crippen molar-refractivity contribution < 1.29 is 24.2 Å². The summed E-state index contributed by atoms with van der Waals surface area (Å²) in [6.45, 7) is 2.43. The minimum atomic E-state index is -0.826. The molecule has 1 N–H and O–H groups in total. The van der Waals surface area contributed by atoms with E-state index in [4.69, 9.17) is 9.84 Å². The van der Waals surface area contributed by atoms with Crippen LogP contribution in [0, 0.1) is 0 Å². The Morgan fingerprint density at radius 2 is 1.63 bits per heavy atom. The summed E-state index contributed by atoms with van der Waals surface area (Å²) in [6.07, 6.45) is 0.763. The zero-order chi connectivity index (χ0) is 19.8. The summed E-state index contributed by atoms with van der Waals surface area (Å²) < 4.78 is 10.4. The number of hydrogen-bond acceptors (Lipinski definition) is 5. The number of carbonyl (C=O) groups is 2. The zero-order valence-corrected chi connectivity index (χ0v) is 15.8. The highest BCUT2D eigenvalue weighted by Crippen LogP contribution is 2.16. The smallest absolute Gasteiger partial charge is 0.337 e. The highest BCUT2D eigenvalue weighted by Gasteiger charge is 2.13. The van der Waals surface area contributed by atoms with Gasteiger partial charge in [0.15, 0.2) is 0 Å². The Bertz CT molecular complexity index is 755. The number of carbonyl (C=O) groups excluding carboxylic acids is 1. The molecule has 2 aromatic rings. The Labute approximate surface area is 159 Å². The highest BCUT2D eigenvalue weighted by atomic mass is 16.5. The molecule has 0 aliphatic heterocycles. The molecule has 0 aromatic heterocycles. The number of nitrogens with zero attached hydrogens (tertiary/aromatic N) is 1. The van der Waals surface area contributed by atoms with Crippen molar-refractivity contribution in [3.8, 4) is 5.75 Å². The van der Waals surface area contributed by atoms with E-state index in [1.54, 1.807) is 12.1 Å². The molecule has 27 heavy (non-hydrogen) atoms. The van der Waals surface area contributed by atoms with Crippen LogP contribution in [0.15, 0.2) is 48.5 Å². The van der Waals surface area contributed by atoms with Gasteiger partial charge in [-0.1, -0.05) is 24.3 Å². The number of esters is 1. The SMILES string of the molecule is COC(=O)c1ccc(COc2ccc(C[C@@H](C)N(C)CC(=O)O)cc2)cc1. The van der Waals surface area contributed by atoms with Crippen molar-refractivity contribution in [2.45, 2.75) is 26.0 Å². The third kappa shape index (κ3) is 6.42. The lowest BCUT2D eigenvalue weighted by Crippen LogP contribution is -2.35. The summed E-state index contributed by atoms with van der Waals surface area (Å²) in [6, 6.07) is 15.0. The molecule has 1 atom stereocenters. The number of methoxy groups -OCH3 is 1. The van der Waals surface area contributed by atoms with Gasteiger partial charge in [-0.15, -0.1) is 0 Å². The number of ether oxygens (including phenoxy) is 2.